The van der Waals surface area contributed by atoms with Gasteiger partial charge in [0.2, 0.25) is 5.91 Å². The van der Waals surface area contributed by atoms with Gasteiger partial charge < -0.3 is 14.6 Å². The zero-order valence-electron chi connectivity index (χ0n) is 14.7. The van der Waals surface area contributed by atoms with Gasteiger partial charge in [-0.2, -0.15) is 0 Å². The summed E-state index contributed by atoms with van der Waals surface area (Å²) in [6.45, 7) is 0.209. The topological polar surface area (TPSA) is 69.0 Å². The normalized spacial score (nSPS) is 10.7. The third kappa shape index (κ3) is 5.54. The number of benzene rings is 2. The molecule has 0 radical (unpaired) electrons. The van der Waals surface area contributed by atoms with Gasteiger partial charge in [0, 0.05) is 22.8 Å². The molecule has 1 N–H and O–H groups in total. The van der Waals surface area contributed by atoms with Crippen molar-refractivity contribution in [2.24, 2.45) is 7.05 Å². The van der Waals surface area contributed by atoms with E-state index in [2.05, 4.69) is 15.5 Å². The molecular weight excluding hydrogens is 443 g/mol. The number of halogens is 3. The Bertz CT molecular complexity index is 976. The highest BCUT2D eigenvalue weighted by Crippen LogP contribution is 2.25. The Morgan fingerprint density at radius 2 is 1.86 bits per heavy atom. The minimum atomic E-state index is -0.208. The summed E-state index contributed by atoms with van der Waals surface area (Å²) in [6, 6.07) is 12.0. The molecule has 1 amide bonds. The van der Waals surface area contributed by atoms with Crippen LogP contribution in [-0.2, 0) is 18.4 Å². The fourth-order valence-electron chi connectivity index (χ4n) is 2.25. The Balaban J connectivity index is 1.55. The Hall–Kier alpha value is -1.93. The number of carbonyl (C=O) groups excluding carboxylic acids is 1. The van der Waals surface area contributed by atoms with Crippen LogP contribution in [0.1, 0.15) is 5.82 Å². The number of hydrogen-bond donors (Lipinski definition) is 1. The van der Waals surface area contributed by atoms with Gasteiger partial charge in [-0.1, -0.05) is 58.7 Å². The molecule has 3 aromatic rings. The number of rotatable bonds is 7. The highest BCUT2D eigenvalue weighted by molar-refractivity contribution is 7.99. The van der Waals surface area contributed by atoms with Gasteiger partial charge in [-0.3, -0.25) is 4.79 Å². The maximum absolute atomic E-state index is 12.2. The van der Waals surface area contributed by atoms with Crippen LogP contribution >= 0.6 is 46.6 Å². The number of nitrogens with one attached hydrogen (secondary N) is 1. The lowest BCUT2D eigenvalue weighted by Crippen LogP contribution is -2.14. The number of hydrogen-bond acceptors (Lipinski definition) is 5. The second-order valence-electron chi connectivity index (χ2n) is 5.67. The number of anilines is 1. The van der Waals surface area contributed by atoms with Gasteiger partial charge in [-0.15, -0.1) is 10.2 Å². The van der Waals surface area contributed by atoms with E-state index in [0.717, 1.165) is 0 Å². The van der Waals surface area contributed by atoms with E-state index in [1.54, 1.807) is 34.9 Å². The second-order valence-corrected chi connectivity index (χ2v) is 7.89. The van der Waals surface area contributed by atoms with Crippen LogP contribution in [-0.4, -0.2) is 26.4 Å². The Morgan fingerprint density at radius 3 is 2.57 bits per heavy atom. The smallest absolute Gasteiger partial charge is 0.234 e. The van der Waals surface area contributed by atoms with E-state index in [1.807, 2.05) is 19.2 Å². The van der Waals surface area contributed by atoms with Gasteiger partial charge >= 0.3 is 0 Å². The summed E-state index contributed by atoms with van der Waals surface area (Å²) >= 11 is 19.2. The Kier molecular flexibility index (Phi) is 7.07. The number of ether oxygens (including phenoxy) is 1. The first-order chi connectivity index (χ1) is 13.4. The summed E-state index contributed by atoms with van der Waals surface area (Å²) in [7, 11) is 1.81. The van der Waals surface area contributed by atoms with Crippen molar-refractivity contribution in [3.05, 3.63) is 63.4 Å². The third-order valence-electron chi connectivity index (χ3n) is 3.60. The monoisotopic (exact) mass is 456 g/mol. The molecule has 0 bridgehead atoms. The number of para-hydroxylation sites is 1. The molecule has 0 saturated heterocycles. The van der Waals surface area contributed by atoms with Crippen LogP contribution in [0.5, 0.6) is 5.75 Å². The Morgan fingerprint density at radius 1 is 1.14 bits per heavy atom. The third-order valence-corrected chi connectivity index (χ3v) is 5.37. The summed E-state index contributed by atoms with van der Waals surface area (Å²) in [6.07, 6.45) is 0. The summed E-state index contributed by atoms with van der Waals surface area (Å²) < 4.78 is 7.44. The lowest BCUT2D eigenvalue weighted by Gasteiger charge is -2.08. The van der Waals surface area contributed by atoms with E-state index in [4.69, 9.17) is 39.5 Å². The van der Waals surface area contributed by atoms with Crippen LogP contribution < -0.4 is 10.1 Å². The van der Waals surface area contributed by atoms with Crippen molar-refractivity contribution in [3.8, 4) is 5.75 Å². The van der Waals surface area contributed by atoms with Crippen LogP contribution in [0, 0.1) is 0 Å². The zero-order valence-corrected chi connectivity index (χ0v) is 17.7. The Labute approximate surface area is 181 Å². The summed E-state index contributed by atoms with van der Waals surface area (Å²) in [5, 5.41) is 13.0. The number of nitrogens with zero attached hydrogens (tertiary/aromatic N) is 3. The van der Waals surface area contributed by atoms with Crippen molar-refractivity contribution in [2.45, 2.75) is 11.8 Å². The molecule has 0 atom stereocenters. The first kappa shape index (κ1) is 20.8. The van der Waals surface area contributed by atoms with Gasteiger partial charge in [-0.05, 0) is 30.3 Å². The van der Waals surface area contributed by atoms with Gasteiger partial charge in [0.15, 0.2) is 11.0 Å². The maximum Gasteiger partial charge on any atom is 0.234 e. The van der Waals surface area contributed by atoms with Crippen molar-refractivity contribution < 1.29 is 9.53 Å². The average Bonchev–Trinajstić information content (AvgIpc) is 2.98. The van der Waals surface area contributed by atoms with Crippen LogP contribution in [0.25, 0.3) is 0 Å². The fourth-order valence-corrected chi connectivity index (χ4v) is 3.70. The highest BCUT2D eigenvalue weighted by atomic mass is 35.5. The summed E-state index contributed by atoms with van der Waals surface area (Å²) in [4.78, 5) is 12.2. The lowest BCUT2D eigenvalue weighted by atomic mass is 10.3. The average molecular weight is 458 g/mol. The van der Waals surface area contributed by atoms with E-state index in [1.165, 1.54) is 11.8 Å². The molecule has 6 nitrogen and oxygen atoms in total. The number of thioether (sulfide) groups is 1. The molecule has 3 rings (SSSR count). The number of amides is 1. The fraction of sp³-hybridized carbons (Fsp3) is 0.167. The van der Waals surface area contributed by atoms with Crippen molar-refractivity contribution >= 4 is 58.2 Å². The quantitative estimate of drug-likeness (QED) is 0.501. The van der Waals surface area contributed by atoms with E-state index in [0.29, 0.717) is 37.5 Å². The second kappa shape index (κ2) is 9.52. The molecule has 0 fully saturated rings. The molecule has 28 heavy (non-hydrogen) atoms. The van der Waals surface area contributed by atoms with Gasteiger partial charge in [0.1, 0.15) is 12.4 Å². The SMILES string of the molecule is Cn1c(COc2ccccc2Cl)nnc1SCC(=O)Nc1cc(Cl)cc(Cl)c1. The van der Waals surface area contributed by atoms with Gasteiger partial charge in [0.05, 0.1) is 10.8 Å². The summed E-state index contributed by atoms with van der Waals surface area (Å²) in [5.74, 6) is 1.13. The van der Waals surface area contributed by atoms with E-state index in [-0.39, 0.29) is 18.3 Å². The van der Waals surface area contributed by atoms with E-state index >= 15 is 0 Å². The van der Waals surface area contributed by atoms with Gasteiger partial charge in [-0.25, -0.2) is 0 Å². The molecule has 0 unspecified atom stereocenters. The molecule has 0 aliphatic heterocycles. The molecule has 0 saturated carbocycles. The van der Waals surface area contributed by atoms with Crippen molar-refractivity contribution in [1.82, 2.24) is 14.8 Å². The standard InChI is InChI=1S/C18H15Cl3N4O2S/c1-25-16(9-27-15-5-3-2-4-14(15)21)23-24-18(25)28-10-17(26)22-13-7-11(19)6-12(20)8-13/h2-8H,9-10H2,1H3,(H,22,26). The lowest BCUT2D eigenvalue weighted by molar-refractivity contribution is -0.113. The van der Waals surface area contributed by atoms with E-state index in [9.17, 15) is 4.79 Å². The first-order valence-electron chi connectivity index (χ1n) is 8.06. The maximum atomic E-state index is 12.2. The molecule has 0 aliphatic carbocycles. The number of carbonyl (C=O) groups is 1. The molecule has 10 heteroatoms. The van der Waals surface area contributed by atoms with Crippen LogP contribution in [0.15, 0.2) is 47.6 Å². The van der Waals surface area contributed by atoms with Gasteiger partial charge in [0.25, 0.3) is 0 Å². The highest BCUT2D eigenvalue weighted by Gasteiger charge is 2.13. The minimum Gasteiger partial charge on any atom is -0.484 e. The largest absolute Gasteiger partial charge is 0.484 e. The zero-order chi connectivity index (χ0) is 20.1. The van der Waals surface area contributed by atoms with Crippen molar-refractivity contribution in [1.29, 1.82) is 0 Å². The van der Waals surface area contributed by atoms with E-state index < -0.39 is 0 Å². The first-order valence-corrected chi connectivity index (χ1v) is 10.2. The molecule has 1 heterocycles. The molecule has 1 aromatic heterocycles. The van der Waals surface area contributed by atoms with Crippen LogP contribution in [0.2, 0.25) is 15.1 Å². The van der Waals surface area contributed by atoms with Crippen molar-refractivity contribution in [2.75, 3.05) is 11.1 Å². The molecule has 2 aromatic carbocycles. The predicted molar refractivity (Wildman–Crippen MR) is 113 cm³/mol. The molecule has 0 aliphatic rings. The minimum absolute atomic E-state index is 0.154. The van der Waals surface area contributed by atoms with Crippen LogP contribution in [0.4, 0.5) is 5.69 Å². The van der Waals surface area contributed by atoms with Crippen molar-refractivity contribution in [3.63, 3.8) is 0 Å². The molecular formula is C18H15Cl3N4O2S. The van der Waals surface area contributed by atoms with Crippen LogP contribution in [0.3, 0.4) is 0 Å². The molecule has 146 valence electrons. The number of aromatic nitrogens is 3. The summed E-state index contributed by atoms with van der Waals surface area (Å²) in [5.41, 5.74) is 0.537. The molecule has 0 spiro atoms. The predicted octanol–water partition coefficient (Wildman–Crippen LogP) is 5.09.